The van der Waals surface area contributed by atoms with Crippen molar-refractivity contribution in [1.82, 2.24) is 9.80 Å². The quantitative estimate of drug-likeness (QED) is 0.796. The third kappa shape index (κ3) is 3.68. The van der Waals surface area contributed by atoms with Crippen LogP contribution in [0.3, 0.4) is 0 Å². The lowest BCUT2D eigenvalue weighted by Crippen LogP contribution is -2.51. The first-order valence-electron chi connectivity index (χ1n) is 10.7. The van der Waals surface area contributed by atoms with Gasteiger partial charge in [0.1, 0.15) is 0 Å². The highest BCUT2D eigenvalue weighted by Crippen LogP contribution is 2.41. The Hall–Kier alpha value is -2.62. The highest BCUT2D eigenvalue weighted by Gasteiger charge is 2.43. The maximum atomic E-state index is 13.4. The monoisotopic (exact) mass is 390 g/mol. The first-order chi connectivity index (χ1) is 14.0. The summed E-state index contributed by atoms with van der Waals surface area (Å²) in [7, 11) is 0. The molecule has 0 N–H and O–H groups in total. The Morgan fingerprint density at radius 3 is 2.10 bits per heavy atom. The summed E-state index contributed by atoms with van der Waals surface area (Å²) in [6.07, 6.45) is 2.33. The van der Waals surface area contributed by atoms with Gasteiger partial charge in [-0.2, -0.15) is 0 Å². The molecule has 1 atom stereocenters. The maximum absolute atomic E-state index is 13.4. The number of hydrogen-bond donors (Lipinski definition) is 0. The Kier molecular flexibility index (Phi) is 5.44. The minimum atomic E-state index is -0.216. The molecular weight excluding hydrogens is 360 g/mol. The summed E-state index contributed by atoms with van der Waals surface area (Å²) in [5, 5.41) is 0. The Labute approximate surface area is 173 Å². The molecular formula is C25H30N2O2. The lowest BCUT2D eigenvalue weighted by Gasteiger charge is -2.44. The predicted octanol–water partition coefficient (Wildman–Crippen LogP) is 3.85. The molecule has 0 bridgehead atoms. The molecule has 2 fully saturated rings. The van der Waals surface area contributed by atoms with E-state index in [-0.39, 0.29) is 29.2 Å². The van der Waals surface area contributed by atoms with Crippen molar-refractivity contribution >= 4 is 11.8 Å². The van der Waals surface area contributed by atoms with E-state index < -0.39 is 0 Å². The molecule has 0 saturated carbocycles. The van der Waals surface area contributed by atoms with Crippen LogP contribution in [-0.4, -0.2) is 47.3 Å². The molecule has 0 unspecified atom stereocenters. The van der Waals surface area contributed by atoms with Crippen LogP contribution >= 0.6 is 0 Å². The van der Waals surface area contributed by atoms with Gasteiger partial charge in [-0.3, -0.25) is 9.59 Å². The van der Waals surface area contributed by atoms with Gasteiger partial charge in [0.25, 0.3) is 0 Å². The first-order valence-corrected chi connectivity index (χ1v) is 10.7. The zero-order chi connectivity index (χ0) is 20.4. The number of amides is 2. The van der Waals surface area contributed by atoms with E-state index in [1.54, 1.807) is 0 Å². The fraction of sp³-hybridized carbons (Fsp3) is 0.440. The largest absolute Gasteiger partial charge is 0.341 e. The molecule has 2 saturated heterocycles. The van der Waals surface area contributed by atoms with Crippen LogP contribution in [0, 0.1) is 5.92 Å². The molecule has 0 aromatic heterocycles. The minimum absolute atomic E-state index is 0.104. The van der Waals surface area contributed by atoms with Gasteiger partial charge in [-0.1, -0.05) is 60.7 Å². The summed E-state index contributed by atoms with van der Waals surface area (Å²) < 4.78 is 0. The van der Waals surface area contributed by atoms with Crippen molar-refractivity contribution in [2.75, 3.05) is 19.6 Å². The van der Waals surface area contributed by atoms with E-state index in [1.807, 2.05) is 35.8 Å². The first kappa shape index (κ1) is 19.7. The normalized spacial score (nSPS) is 21.6. The van der Waals surface area contributed by atoms with Crippen LogP contribution in [0.2, 0.25) is 0 Å². The van der Waals surface area contributed by atoms with Gasteiger partial charge in [-0.25, -0.2) is 0 Å². The number of rotatable bonds is 4. The molecule has 0 spiro atoms. The highest BCUT2D eigenvalue weighted by molar-refractivity contribution is 5.89. The fourth-order valence-electron chi connectivity index (χ4n) is 5.05. The SMILES string of the molecule is CC(C)N1C[C@H](C(=O)N2CCCC(c3ccccc3)(c3ccccc3)C2)CC1=O. The standard InChI is InChI=1S/C25H30N2O2/c1-19(2)27-17-20(16-23(27)28)24(29)26-15-9-14-25(18-26,21-10-5-3-6-11-21)22-12-7-4-8-13-22/h3-8,10-13,19-20H,9,14-18H2,1-2H3/t20-/m1/s1. The van der Waals surface area contributed by atoms with Crippen LogP contribution in [0.1, 0.15) is 44.2 Å². The molecule has 4 heteroatoms. The second kappa shape index (κ2) is 8.02. The van der Waals surface area contributed by atoms with Gasteiger partial charge in [-0.15, -0.1) is 0 Å². The summed E-state index contributed by atoms with van der Waals surface area (Å²) in [4.78, 5) is 29.6. The van der Waals surface area contributed by atoms with Crippen molar-refractivity contribution in [3.8, 4) is 0 Å². The maximum Gasteiger partial charge on any atom is 0.228 e. The zero-order valence-electron chi connectivity index (χ0n) is 17.4. The number of benzene rings is 2. The van der Waals surface area contributed by atoms with Gasteiger partial charge >= 0.3 is 0 Å². The van der Waals surface area contributed by atoms with Crippen molar-refractivity contribution in [2.24, 2.45) is 5.92 Å². The molecule has 0 aliphatic carbocycles. The van der Waals surface area contributed by atoms with E-state index in [9.17, 15) is 9.59 Å². The molecule has 2 aliphatic rings. The molecule has 2 heterocycles. The summed E-state index contributed by atoms with van der Waals surface area (Å²) >= 11 is 0. The minimum Gasteiger partial charge on any atom is -0.341 e. The van der Waals surface area contributed by atoms with Gasteiger partial charge in [-0.05, 0) is 37.8 Å². The van der Waals surface area contributed by atoms with Crippen molar-refractivity contribution in [3.05, 3.63) is 71.8 Å². The lowest BCUT2D eigenvalue weighted by molar-refractivity contribution is -0.137. The molecule has 0 radical (unpaired) electrons. The van der Waals surface area contributed by atoms with Crippen LogP contribution in [0.5, 0.6) is 0 Å². The van der Waals surface area contributed by atoms with Crippen LogP contribution in [0.4, 0.5) is 0 Å². The number of carbonyl (C=O) groups is 2. The number of piperidine rings is 1. The van der Waals surface area contributed by atoms with Crippen molar-refractivity contribution in [2.45, 2.75) is 44.6 Å². The van der Waals surface area contributed by atoms with Gasteiger partial charge in [0, 0.05) is 37.5 Å². The smallest absolute Gasteiger partial charge is 0.228 e. The Morgan fingerprint density at radius 1 is 1.00 bits per heavy atom. The van der Waals surface area contributed by atoms with Crippen LogP contribution in [0.15, 0.2) is 60.7 Å². The Balaban J connectivity index is 1.63. The van der Waals surface area contributed by atoms with Gasteiger partial charge < -0.3 is 9.80 Å². The van der Waals surface area contributed by atoms with E-state index in [0.717, 1.165) is 19.4 Å². The number of hydrogen-bond acceptors (Lipinski definition) is 2. The average Bonchev–Trinajstić information content (AvgIpc) is 3.16. The molecule has 2 aromatic carbocycles. The molecule has 2 aliphatic heterocycles. The zero-order valence-corrected chi connectivity index (χ0v) is 17.4. The molecule has 152 valence electrons. The highest BCUT2D eigenvalue weighted by atomic mass is 16.2. The number of nitrogens with zero attached hydrogens (tertiary/aromatic N) is 2. The van der Waals surface area contributed by atoms with E-state index in [2.05, 4.69) is 48.5 Å². The van der Waals surface area contributed by atoms with Gasteiger partial charge in [0.05, 0.1) is 5.92 Å². The van der Waals surface area contributed by atoms with E-state index in [0.29, 0.717) is 19.5 Å². The molecule has 4 rings (SSSR count). The Bertz CT molecular complexity index is 823. The molecule has 2 aromatic rings. The second-order valence-electron chi connectivity index (χ2n) is 8.72. The fourth-order valence-corrected chi connectivity index (χ4v) is 5.05. The van der Waals surface area contributed by atoms with Crippen LogP contribution in [0.25, 0.3) is 0 Å². The summed E-state index contributed by atoms with van der Waals surface area (Å²) in [5.74, 6) is 0.0254. The molecule has 29 heavy (non-hydrogen) atoms. The van der Waals surface area contributed by atoms with Gasteiger partial charge in [0.15, 0.2) is 0 Å². The predicted molar refractivity (Wildman–Crippen MR) is 114 cm³/mol. The second-order valence-corrected chi connectivity index (χ2v) is 8.72. The summed E-state index contributed by atoms with van der Waals surface area (Å²) in [6, 6.07) is 21.3. The van der Waals surface area contributed by atoms with Crippen molar-refractivity contribution in [1.29, 1.82) is 0 Å². The topological polar surface area (TPSA) is 40.6 Å². The van der Waals surface area contributed by atoms with Crippen LogP contribution in [-0.2, 0) is 15.0 Å². The lowest BCUT2D eigenvalue weighted by atomic mass is 9.69. The van der Waals surface area contributed by atoms with Crippen molar-refractivity contribution in [3.63, 3.8) is 0 Å². The average molecular weight is 391 g/mol. The summed E-state index contributed by atoms with van der Waals surface area (Å²) in [5.41, 5.74) is 2.32. The van der Waals surface area contributed by atoms with Crippen molar-refractivity contribution < 1.29 is 9.59 Å². The Morgan fingerprint density at radius 2 is 1.59 bits per heavy atom. The summed E-state index contributed by atoms with van der Waals surface area (Å²) in [6.45, 7) is 6.03. The molecule has 2 amide bonds. The third-order valence-corrected chi connectivity index (χ3v) is 6.59. The van der Waals surface area contributed by atoms with E-state index in [4.69, 9.17) is 0 Å². The molecule has 4 nitrogen and oxygen atoms in total. The third-order valence-electron chi connectivity index (χ3n) is 6.59. The van der Waals surface area contributed by atoms with E-state index in [1.165, 1.54) is 11.1 Å². The van der Waals surface area contributed by atoms with Crippen LogP contribution < -0.4 is 0 Å². The van der Waals surface area contributed by atoms with Gasteiger partial charge in [0.2, 0.25) is 11.8 Å². The number of likely N-dealkylation sites (tertiary alicyclic amines) is 2. The number of carbonyl (C=O) groups excluding carboxylic acids is 2. The van der Waals surface area contributed by atoms with E-state index >= 15 is 0 Å².